The van der Waals surface area contributed by atoms with E-state index in [2.05, 4.69) is 27.5 Å². The van der Waals surface area contributed by atoms with E-state index in [-0.39, 0.29) is 0 Å². The van der Waals surface area contributed by atoms with E-state index in [4.69, 9.17) is 14.2 Å². The second-order valence-electron chi connectivity index (χ2n) is 6.62. The van der Waals surface area contributed by atoms with E-state index in [0.717, 1.165) is 55.5 Å². The molecule has 0 aliphatic carbocycles. The highest BCUT2D eigenvalue weighted by Gasteiger charge is 2.19. The molecule has 1 saturated heterocycles. The molecule has 1 fully saturated rings. The summed E-state index contributed by atoms with van der Waals surface area (Å²) in [6, 6.07) is 0. The first-order valence-corrected chi connectivity index (χ1v) is 12.6. The minimum Gasteiger partial charge on any atom is -0.378 e. The molecule has 0 amide bonds. The maximum Gasteiger partial charge on any atom is 0.0999 e. The second kappa shape index (κ2) is 17.7. The summed E-state index contributed by atoms with van der Waals surface area (Å²) in [6.07, 6.45) is 0.888. The fourth-order valence-electron chi connectivity index (χ4n) is 2.97. The highest BCUT2D eigenvalue weighted by molar-refractivity contribution is 7.85. The van der Waals surface area contributed by atoms with Crippen LogP contribution < -0.4 is 5.32 Å². The number of nitrogens with one attached hydrogen (secondary N) is 1. The van der Waals surface area contributed by atoms with E-state index in [9.17, 15) is 4.21 Å². The number of likely N-dealkylation sites (N-methyl/N-ethyl adjacent to an activating group) is 1. The molecule has 0 aromatic carbocycles. The number of aromatic nitrogens is 3. The van der Waals surface area contributed by atoms with Crippen LogP contribution in [0, 0.1) is 0 Å². The first-order valence-electron chi connectivity index (χ1n) is 11.1. The van der Waals surface area contributed by atoms with E-state index in [0.29, 0.717) is 46.2 Å². The van der Waals surface area contributed by atoms with Crippen molar-refractivity contribution in [1.82, 2.24) is 25.2 Å². The number of nitrogens with zero attached hydrogens (tertiary/aromatic N) is 4. The fourth-order valence-corrected chi connectivity index (χ4v) is 4.10. The number of rotatable bonds is 15. The number of ether oxygens (including phenoxy) is 3. The standard InChI is InChI=1S/C18H35N5O4S.C2H6/c1-3-18-17(16-22-6-14-28(24)15-7-22)20-21-23(18)5-9-26-11-13-27-12-10-25-8-4-19-2;1-2/h19H,3-16H2,1-2H3;1-2H3. The van der Waals surface area contributed by atoms with Crippen LogP contribution in [0.2, 0.25) is 0 Å². The van der Waals surface area contributed by atoms with Gasteiger partial charge in [-0.3, -0.25) is 9.11 Å². The molecule has 0 atom stereocenters. The van der Waals surface area contributed by atoms with Gasteiger partial charge in [-0.25, -0.2) is 4.68 Å². The maximum atomic E-state index is 11.5. The second-order valence-corrected chi connectivity index (χ2v) is 8.32. The van der Waals surface area contributed by atoms with Gasteiger partial charge in [0.25, 0.3) is 0 Å². The van der Waals surface area contributed by atoms with Crippen molar-refractivity contribution in [3.8, 4) is 0 Å². The van der Waals surface area contributed by atoms with Crippen LogP contribution in [-0.2, 0) is 44.5 Å². The zero-order chi connectivity index (χ0) is 22.0. The van der Waals surface area contributed by atoms with Crippen molar-refractivity contribution in [2.75, 3.05) is 77.8 Å². The van der Waals surface area contributed by atoms with Crippen LogP contribution in [0.4, 0.5) is 0 Å². The van der Waals surface area contributed by atoms with Crippen LogP contribution in [0.3, 0.4) is 0 Å². The lowest BCUT2D eigenvalue weighted by Crippen LogP contribution is -2.37. The Bertz CT molecular complexity index is 563. The molecule has 0 spiro atoms. The topological polar surface area (TPSA) is 90.7 Å². The summed E-state index contributed by atoms with van der Waals surface area (Å²) in [5.41, 5.74) is 2.18. The summed E-state index contributed by atoms with van der Waals surface area (Å²) in [4.78, 5) is 2.31. The predicted molar refractivity (Wildman–Crippen MR) is 120 cm³/mol. The lowest BCUT2D eigenvalue weighted by Gasteiger charge is -2.25. The molecular formula is C20H41N5O4S. The van der Waals surface area contributed by atoms with E-state index < -0.39 is 10.8 Å². The molecule has 30 heavy (non-hydrogen) atoms. The van der Waals surface area contributed by atoms with Crippen molar-refractivity contribution in [1.29, 1.82) is 0 Å². The molecule has 0 unspecified atom stereocenters. The first-order chi connectivity index (χ1) is 14.7. The van der Waals surface area contributed by atoms with Crippen LogP contribution in [0.1, 0.15) is 32.2 Å². The zero-order valence-electron chi connectivity index (χ0n) is 19.2. The molecule has 0 bridgehead atoms. The van der Waals surface area contributed by atoms with E-state index >= 15 is 0 Å². The van der Waals surface area contributed by atoms with E-state index in [1.807, 2.05) is 25.6 Å². The van der Waals surface area contributed by atoms with Crippen molar-refractivity contribution in [2.45, 2.75) is 40.3 Å². The van der Waals surface area contributed by atoms with Gasteiger partial charge < -0.3 is 19.5 Å². The number of hydrogen-bond donors (Lipinski definition) is 1. The van der Waals surface area contributed by atoms with Crippen LogP contribution in [0.25, 0.3) is 0 Å². The summed E-state index contributed by atoms with van der Waals surface area (Å²) in [5, 5.41) is 11.7. The minimum absolute atomic E-state index is 0.560. The molecule has 10 heteroatoms. The Morgan fingerprint density at radius 3 is 2.20 bits per heavy atom. The Kier molecular flexibility index (Phi) is 16.0. The number of hydrogen-bond acceptors (Lipinski definition) is 8. The fraction of sp³-hybridized carbons (Fsp3) is 0.900. The van der Waals surface area contributed by atoms with Gasteiger partial charge in [0.1, 0.15) is 0 Å². The third-order valence-electron chi connectivity index (χ3n) is 4.58. The molecule has 1 N–H and O–H groups in total. The van der Waals surface area contributed by atoms with Gasteiger partial charge in [-0.2, -0.15) is 0 Å². The van der Waals surface area contributed by atoms with Gasteiger partial charge >= 0.3 is 0 Å². The molecule has 176 valence electrons. The smallest absolute Gasteiger partial charge is 0.0999 e. The van der Waals surface area contributed by atoms with Gasteiger partial charge in [-0.1, -0.05) is 26.0 Å². The quantitative estimate of drug-likeness (QED) is 0.393. The average Bonchev–Trinajstić information content (AvgIpc) is 3.16. The molecule has 0 radical (unpaired) electrons. The molecule has 1 aromatic rings. The van der Waals surface area contributed by atoms with Crippen molar-refractivity contribution in [3.05, 3.63) is 11.4 Å². The largest absolute Gasteiger partial charge is 0.378 e. The molecule has 0 saturated carbocycles. The molecule has 1 aliphatic heterocycles. The Balaban J connectivity index is 0.00000218. The van der Waals surface area contributed by atoms with Gasteiger partial charge in [0.2, 0.25) is 0 Å². The van der Waals surface area contributed by atoms with Gasteiger partial charge in [-0.15, -0.1) is 5.10 Å². The Morgan fingerprint density at radius 1 is 1.00 bits per heavy atom. The lowest BCUT2D eigenvalue weighted by atomic mass is 10.2. The average molecular weight is 448 g/mol. The summed E-state index contributed by atoms with van der Waals surface area (Å²) >= 11 is 0. The minimum atomic E-state index is -0.651. The molecule has 2 heterocycles. The first kappa shape index (κ1) is 27.1. The molecule has 2 rings (SSSR count). The highest BCUT2D eigenvalue weighted by atomic mass is 32.2. The van der Waals surface area contributed by atoms with E-state index in [1.54, 1.807) is 0 Å². The van der Waals surface area contributed by atoms with Crippen molar-refractivity contribution >= 4 is 10.8 Å². The van der Waals surface area contributed by atoms with Crippen LogP contribution >= 0.6 is 0 Å². The van der Waals surface area contributed by atoms with Crippen LogP contribution in [-0.4, -0.2) is 102 Å². The zero-order valence-corrected chi connectivity index (χ0v) is 20.0. The third kappa shape index (κ3) is 10.9. The molecule has 1 aliphatic rings. The highest BCUT2D eigenvalue weighted by Crippen LogP contribution is 2.11. The van der Waals surface area contributed by atoms with Crippen molar-refractivity contribution in [3.63, 3.8) is 0 Å². The monoisotopic (exact) mass is 447 g/mol. The van der Waals surface area contributed by atoms with Gasteiger partial charge in [0.15, 0.2) is 0 Å². The van der Waals surface area contributed by atoms with Gasteiger partial charge in [0, 0.05) is 48.5 Å². The van der Waals surface area contributed by atoms with Crippen LogP contribution in [0.5, 0.6) is 0 Å². The third-order valence-corrected chi connectivity index (χ3v) is 5.86. The Morgan fingerprint density at radius 2 is 1.60 bits per heavy atom. The molecule has 1 aromatic heterocycles. The SMILES string of the molecule is CC.CCc1c(CN2CCS(=O)CC2)nnn1CCOCCOCCOCCNC. The molecule has 9 nitrogen and oxygen atoms in total. The Hall–Kier alpha value is -0.910. The summed E-state index contributed by atoms with van der Waals surface area (Å²) in [5.74, 6) is 1.52. The normalized spacial score (nSPS) is 15.2. The molecular weight excluding hydrogens is 406 g/mol. The van der Waals surface area contributed by atoms with E-state index in [1.165, 1.54) is 0 Å². The summed E-state index contributed by atoms with van der Waals surface area (Å²) in [7, 11) is 1.25. The maximum absolute atomic E-state index is 11.5. The lowest BCUT2D eigenvalue weighted by molar-refractivity contribution is 0.0134. The van der Waals surface area contributed by atoms with Crippen molar-refractivity contribution < 1.29 is 18.4 Å². The van der Waals surface area contributed by atoms with Gasteiger partial charge in [-0.05, 0) is 13.5 Å². The predicted octanol–water partition coefficient (Wildman–Crippen LogP) is 0.700. The van der Waals surface area contributed by atoms with Gasteiger partial charge in [0.05, 0.1) is 57.6 Å². The van der Waals surface area contributed by atoms with Crippen molar-refractivity contribution in [2.24, 2.45) is 0 Å². The summed E-state index contributed by atoms with van der Waals surface area (Å²) < 4.78 is 29.9. The summed E-state index contributed by atoms with van der Waals surface area (Å²) in [6.45, 7) is 13.8. The Labute approximate surface area is 184 Å². The van der Waals surface area contributed by atoms with Crippen LogP contribution in [0.15, 0.2) is 0 Å².